The Hall–Kier alpha value is -0.380. The molecule has 1 aliphatic carbocycles. The van der Waals surface area contributed by atoms with Gasteiger partial charge in [0, 0.05) is 17.5 Å². The van der Waals surface area contributed by atoms with Crippen LogP contribution in [0.3, 0.4) is 0 Å². The Morgan fingerprint density at radius 2 is 2.31 bits per heavy atom. The molecule has 90 valence electrons. The number of thiophene rings is 1. The van der Waals surface area contributed by atoms with Crippen LogP contribution in [0.2, 0.25) is 0 Å². The molecule has 3 heteroatoms. The lowest BCUT2D eigenvalue weighted by atomic mass is 10.1. The lowest BCUT2D eigenvalue weighted by Gasteiger charge is -2.32. The van der Waals surface area contributed by atoms with Gasteiger partial charge in [0.2, 0.25) is 0 Å². The molecule has 1 saturated carbocycles. The van der Waals surface area contributed by atoms with E-state index in [-0.39, 0.29) is 6.04 Å². The van der Waals surface area contributed by atoms with Gasteiger partial charge in [-0.1, -0.05) is 13.0 Å². The van der Waals surface area contributed by atoms with Crippen molar-refractivity contribution in [3.05, 3.63) is 22.4 Å². The highest BCUT2D eigenvalue weighted by molar-refractivity contribution is 7.10. The summed E-state index contributed by atoms with van der Waals surface area (Å²) in [5, 5.41) is 2.15. The molecule has 2 unspecified atom stereocenters. The van der Waals surface area contributed by atoms with Gasteiger partial charge in [-0.3, -0.25) is 4.90 Å². The summed E-state index contributed by atoms with van der Waals surface area (Å²) in [5.41, 5.74) is 6.17. The maximum atomic E-state index is 6.17. The quantitative estimate of drug-likeness (QED) is 0.825. The Bertz CT molecular complexity index is 304. The number of nitrogens with two attached hydrogens (primary N) is 1. The summed E-state index contributed by atoms with van der Waals surface area (Å²) in [5.74, 6) is 0.932. The molecule has 1 aliphatic rings. The van der Waals surface area contributed by atoms with Crippen molar-refractivity contribution in [3.63, 3.8) is 0 Å². The first-order chi connectivity index (χ1) is 7.72. The van der Waals surface area contributed by atoms with Crippen molar-refractivity contribution in [1.29, 1.82) is 0 Å². The number of hydrogen-bond acceptors (Lipinski definition) is 3. The third-order valence-electron chi connectivity index (χ3n) is 3.32. The van der Waals surface area contributed by atoms with Crippen LogP contribution in [0.25, 0.3) is 0 Å². The normalized spacial score (nSPS) is 20.0. The van der Waals surface area contributed by atoms with E-state index in [2.05, 4.69) is 36.3 Å². The van der Waals surface area contributed by atoms with Crippen molar-refractivity contribution in [2.24, 2.45) is 11.7 Å². The molecule has 0 aromatic carbocycles. The molecule has 0 spiro atoms. The highest BCUT2D eigenvalue weighted by atomic mass is 32.1. The van der Waals surface area contributed by atoms with Crippen molar-refractivity contribution in [2.45, 2.75) is 38.8 Å². The summed E-state index contributed by atoms with van der Waals surface area (Å²) in [4.78, 5) is 3.96. The van der Waals surface area contributed by atoms with Gasteiger partial charge in [0.1, 0.15) is 0 Å². The topological polar surface area (TPSA) is 29.3 Å². The monoisotopic (exact) mass is 238 g/mol. The van der Waals surface area contributed by atoms with E-state index in [1.54, 1.807) is 0 Å². The molecule has 2 rings (SSSR count). The van der Waals surface area contributed by atoms with Gasteiger partial charge in [-0.05, 0) is 43.7 Å². The summed E-state index contributed by atoms with van der Waals surface area (Å²) < 4.78 is 0. The summed E-state index contributed by atoms with van der Waals surface area (Å²) in [6.07, 6.45) is 2.82. The van der Waals surface area contributed by atoms with Crippen LogP contribution < -0.4 is 5.73 Å². The summed E-state index contributed by atoms with van der Waals surface area (Å²) in [6.45, 7) is 6.69. The molecule has 0 amide bonds. The molecule has 1 fully saturated rings. The highest BCUT2D eigenvalue weighted by Crippen LogP contribution is 2.34. The lowest BCUT2D eigenvalue weighted by molar-refractivity contribution is 0.181. The van der Waals surface area contributed by atoms with Gasteiger partial charge >= 0.3 is 0 Å². The fourth-order valence-electron chi connectivity index (χ4n) is 2.30. The third kappa shape index (κ3) is 2.84. The minimum absolute atomic E-state index is 0.206. The van der Waals surface area contributed by atoms with Crippen molar-refractivity contribution < 1.29 is 0 Å². The summed E-state index contributed by atoms with van der Waals surface area (Å²) >= 11 is 1.83. The number of likely N-dealkylation sites (N-methyl/N-ethyl adjacent to an activating group) is 1. The predicted molar refractivity (Wildman–Crippen MR) is 70.7 cm³/mol. The van der Waals surface area contributed by atoms with Gasteiger partial charge in [-0.2, -0.15) is 0 Å². The van der Waals surface area contributed by atoms with Gasteiger partial charge in [-0.15, -0.1) is 11.3 Å². The van der Waals surface area contributed by atoms with Gasteiger partial charge < -0.3 is 5.73 Å². The zero-order chi connectivity index (χ0) is 11.5. The van der Waals surface area contributed by atoms with Crippen LogP contribution in [-0.2, 0) is 0 Å². The molecule has 0 radical (unpaired) electrons. The molecular formula is C13H22N2S. The van der Waals surface area contributed by atoms with E-state index in [0.717, 1.165) is 12.5 Å². The Labute approximate surface area is 102 Å². The first-order valence-corrected chi connectivity index (χ1v) is 7.13. The van der Waals surface area contributed by atoms with Crippen LogP contribution in [0.5, 0.6) is 0 Å². The van der Waals surface area contributed by atoms with Crippen LogP contribution in [-0.4, -0.2) is 24.0 Å². The molecule has 2 nitrogen and oxygen atoms in total. The molecule has 0 bridgehead atoms. The summed E-state index contributed by atoms with van der Waals surface area (Å²) in [7, 11) is 0. The van der Waals surface area contributed by atoms with E-state index in [1.807, 2.05) is 11.3 Å². The molecule has 1 aromatic heterocycles. The third-order valence-corrected chi connectivity index (χ3v) is 4.26. The van der Waals surface area contributed by atoms with E-state index in [1.165, 1.54) is 24.3 Å². The summed E-state index contributed by atoms with van der Waals surface area (Å²) in [6, 6.07) is 4.96. The van der Waals surface area contributed by atoms with E-state index < -0.39 is 0 Å². The maximum absolute atomic E-state index is 6.17. The minimum atomic E-state index is 0.206. The number of rotatable bonds is 6. The second kappa shape index (κ2) is 5.30. The average molecular weight is 238 g/mol. The van der Waals surface area contributed by atoms with Gasteiger partial charge in [0.25, 0.3) is 0 Å². The zero-order valence-electron chi connectivity index (χ0n) is 10.2. The predicted octanol–water partition coefficient (Wildman–Crippen LogP) is 2.87. The van der Waals surface area contributed by atoms with Crippen LogP contribution in [0.1, 0.15) is 37.6 Å². The van der Waals surface area contributed by atoms with Gasteiger partial charge in [0.15, 0.2) is 0 Å². The van der Waals surface area contributed by atoms with Crippen molar-refractivity contribution in [3.8, 4) is 0 Å². The fraction of sp³-hybridized carbons (Fsp3) is 0.692. The molecule has 1 aromatic rings. The molecule has 0 saturated heterocycles. The smallest absolute Gasteiger partial charge is 0.0590 e. The Morgan fingerprint density at radius 1 is 1.56 bits per heavy atom. The van der Waals surface area contributed by atoms with Crippen molar-refractivity contribution in [2.75, 3.05) is 13.1 Å². The largest absolute Gasteiger partial charge is 0.326 e. The molecule has 0 aliphatic heterocycles. The standard InChI is InChI=1S/C13H22N2S/c1-3-15(9-11-6-7-11)13(10(2)14)12-5-4-8-16-12/h4-5,8,10-11,13H,3,6-7,9,14H2,1-2H3. The lowest BCUT2D eigenvalue weighted by Crippen LogP contribution is -2.40. The van der Waals surface area contributed by atoms with Gasteiger partial charge in [0.05, 0.1) is 6.04 Å². The van der Waals surface area contributed by atoms with Crippen LogP contribution in [0.15, 0.2) is 17.5 Å². The Kier molecular flexibility index (Phi) is 4.00. The molecular weight excluding hydrogens is 216 g/mol. The second-order valence-electron chi connectivity index (χ2n) is 4.85. The van der Waals surface area contributed by atoms with E-state index in [9.17, 15) is 0 Å². The SMILES string of the molecule is CCN(CC1CC1)C(c1cccs1)C(C)N. The first kappa shape index (κ1) is 12.1. The van der Waals surface area contributed by atoms with Crippen LogP contribution in [0, 0.1) is 5.92 Å². The minimum Gasteiger partial charge on any atom is -0.326 e. The van der Waals surface area contributed by atoms with E-state index in [0.29, 0.717) is 6.04 Å². The van der Waals surface area contributed by atoms with Crippen LogP contribution in [0.4, 0.5) is 0 Å². The van der Waals surface area contributed by atoms with E-state index >= 15 is 0 Å². The Morgan fingerprint density at radius 3 is 2.75 bits per heavy atom. The van der Waals surface area contributed by atoms with E-state index in [4.69, 9.17) is 5.73 Å². The molecule has 2 atom stereocenters. The first-order valence-electron chi connectivity index (χ1n) is 6.25. The molecule has 1 heterocycles. The van der Waals surface area contributed by atoms with Crippen LogP contribution >= 0.6 is 11.3 Å². The number of hydrogen-bond donors (Lipinski definition) is 1. The van der Waals surface area contributed by atoms with Crippen molar-refractivity contribution in [1.82, 2.24) is 4.90 Å². The number of nitrogens with zero attached hydrogens (tertiary/aromatic N) is 1. The Balaban J connectivity index is 2.09. The second-order valence-corrected chi connectivity index (χ2v) is 5.83. The highest BCUT2D eigenvalue weighted by Gasteiger charge is 2.30. The maximum Gasteiger partial charge on any atom is 0.0590 e. The zero-order valence-corrected chi connectivity index (χ0v) is 11.0. The van der Waals surface area contributed by atoms with Crippen molar-refractivity contribution >= 4 is 11.3 Å². The fourth-order valence-corrected chi connectivity index (χ4v) is 3.28. The van der Waals surface area contributed by atoms with Gasteiger partial charge in [-0.25, -0.2) is 0 Å². The molecule has 2 N–H and O–H groups in total. The average Bonchev–Trinajstić information content (AvgIpc) is 2.90. The molecule has 16 heavy (non-hydrogen) atoms.